The molecule has 90 valence electrons. The van der Waals surface area contributed by atoms with Crippen molar-refractivity contribution in [2.45, 2.75) is 23.6 Å². The quantitative estimate of drug-likeness (QED) is 0.878. The second-order valence-corrected chi connectivity index (χ2v) is 5.54. The van der Waals surface area contributed by atoms with E-state index in [0.29, 0.717) is 17.5 Å². The summed E-state index contributed by atoms with van der Waals surface area (Å²) in [5.74, 6) is 1.83. The van der Waals surface area contributed by atoms with E-state index in [1.165, 1.54) is 4.90 Å². The highest BCUT2D eigenvalue weighted by atomic mass is 79.9. The van der Waals surface area contributed by atoms with Crippen LogP contribution in [0.5, 0.6) is 0 Å². The topological polar surface area (TPSA) is 64.9 Å². The molecule has 0 bridgehead atoms. The molecule has 0 saturated heterocycles. The van der Waals surface area contributed by atoms with Gasteiger partial charge < -0.3 is 10.3 Å². The van der Waals surface area contributed by atoms with Crippen LogP contribution in [0.15, 0.2) is 38.2 Å². The molecule has 0 fully saturated rings. The molecule has 0 aliphatic heterocycles. The van der Waals surface area contributed by atoms with Gasteiger partial charge in [-0.3, -0.25) is 0 Å². The van der Waals surface area contributed by atoms with Gasteiger partial charge in [0, 0.05) is 9.37 Å². The number of rotatable bonds is 4. The summed E-state index contributed by atoms with van der Waals surface area (Å²) in [7, 11) is 0. The van der Waals surface area contributed by atoms with Crippen molar-refractivity contribution in [3.8, 4) is 0 Å². The highest BCUT2D eigenvalue weighted by Crippen LogP contribution is 2.23. The number of nitrogens with zero attached hydrogens (tertiary/aromatic N) is 2. The number of nitrogens with two attached hydrogens (primary N) is 1. The highest BCUT2D eigenvalue weighted by molar-refractivity contribution is 9.10. The molecule has 2 N–H and O–H groups in total. The number of halogens is 1. The van der Waals surface area contributed by atoms with Crippen LogP contribution in [0, 0.1) is 0 Å². The molecular weight excluding hydrogens is 302 g/mol. The first-order valence-corrected chi connectivity index (χ1v) is 6.89. The Morgan fingerprint density at radius 3 is 2.71 bits per heavy atom. The second-order valence-electron chi connectivity index (χ2n) is 3.58. The van der Waals surface area contributed by atoms with Gasteiger partial charge >= 0.3 is 0 Å². The molecule has 1 atom stereocenters. The van der Waals surface area contributed by atoms with Gasteiger partial charge in [-0.25, -0.2) is 0 Å². The standard InChI is InChI=1S/C11H12BrN3OS/c1-7(13)11-14-10(15-16-11)6-17-9-4-2-8(12)3-5-9/h2-5,7H,6,13H2,1H3. The molecule has 0 spiro atoms. The summed E-state index contributed by atoms with van der Waals surface area (Å²) in [6.45, 7) is 1.82. The van der Waals surface area contributed by atoms with Crippen LogP contribution in [0.1, 0.15) is 24.7 Å². The van der Waals surface area contributed by atoms with Crippen LogP contribution in [-0.4, -0.2) is 10.1 Å². The van der Waals surface area contributed by atoms with Gasteiger partial charge in [0.1, 0.15) is 0 Å². The number of hydrogen-bond donors (Lipinski definition) is 1. The molecule has 0 amide bonds. The maximum absolute atomic E-state index is 5.64. The van der Waals surface area contributed by atoms with E-state index in [9.17, 15) is 0 Å². The molecule has 6 heteroatoms. The summed E-state index contributed by atoms with van der Waals surface area (Å²) >= 11 is 5.06. The van der Waals surface area contributed by atoms with E-state index in [2.05, 4.69) is 26.1 Å². The molecule has 2 rings (SSSR count). The zero-order valence-corrected chi connectivity index (χ0v) is 11.7. The van der Waals surface area contributed by atoms with Crippen molar-refractivity contribution in [3.63, 3.8) is 0 Å². The first-order valence-electron chi connectivity index (χ1n) is 5.11. The lowest BCUT2D eigenvalue weighted by Gasteiger charge is -1.98. The van der Waals surface area contributed by atoms with Crippen LogP contribution in [0.2, 0.25) is 0 Å². The van der Waals surface area contributed by atoms with Crippen LogP contribution >= 0.6 is 27.7 Å². The smallest absolute Gasteiger partial charge is 0.243 e. The van der Waals surface area contributed by atoms with E-state index < -0.39 is 0 Å². The second kappa shape index (κ2) is 5.66. The predicted octanol–water partition coefficient (Wildman–Crippen LogP) is 3.14. The zero-order valence-electron chi connectivity index (χ0n) is 9.26. The van der Waals surface area contributed by atoms with E-state index in [1.807, 2.05) is 31.2 Å². The van der Waals surface area contributed by atoms with Gasteiger partial charge in [0.2, 0.25) is 5.89 Å². The van der Waals surface area contributed by atoms with Crippen molar-refractivity contribution in [2.24, 2.45) is 5.73 Å². The fourth-order valence-corrected chi connectivity index (χ4v) is 2.20. The molecule has 1 aromatic heterocycles. The number of thioether (sulfide) groups is 1. The van der Waals surface area contributed by atoms with Crippen LogP contribution < -0.4 is 5.73 Å². The van der Waals surface area contributed by atoms with Crippen LogP contribution in [-0.2, 0) is 5.75 Å². The fourth-order valence-electron chi connectivity index (χ4n) is 1.19. The van der Waals surface area contributed by atoms with Crippen LogP contribution in [0.25, 0.3) is 0 Å². The normalized spacial score (nSPS) is 12.6. The predicted molar refractivity (Wildman–Crippen MR) is 70.6 cm³/mol. The summed E-state index contributed by atoms with van der Waals surface area (Å²) in [5.41, 5.74) is 5.64. The largest absolute Gasteiger partial charge is 0.338 e. The van der Waals surface area contributed by atoms with Gasteiger partial charge in [-0.05, 0) is 31.2 Å². The van der Waals surface area contributed by atoms with E-state index in [0.717, 1.165) is 4.47 Å². The SMILES string of the molecule is CC(N)c1nc(CSc2ccc(Br)cc2)no1. The molecule has 2 aromatic rings. The summed E-state index contributed by atoms with van der Waals surface area (Å²) in [6, 6.07) is 7.88. The van der Waals surface area contributed by atoms with Crippen molar-refractivity contribution in [1.82, 2.24) is 10.1 Å². The minimum Gasteiger partial charge on any atom is -0.338 e. The molecule has 1 heterocycles. The molecular formula is C11H12BrN3OS. The minimum absolute atomic E-state index is 0.214. The lowest BCUT2D eigenvalue weighted by atomic mass is 10.4. The van der Waals surface area contributed by atoms with E-state index in [4.69, 9.17) is 10.3 Å². The third-order valence-electron chi connectivity index (χ3n) is 2.05. The Morgan fingerprint density at radius 2 is 2.12 bits per heavy atom. The molecule has 1 aromatic carbocycles. The van der Waals surface area contributed by atoms with Crippen LogP contribution in [0.4, 0.5) is 0 Å². The molecule has 0 radical (unpaired) electrons. The molecule has 4 nitrogen and oxygen atoms in total. The van der Waals surface area contributed by atoms with E-state index >= 15 is 0 Å². The van der Waals surface area contributed by atoms with Crippen molar-refractivity contribution < 1.29 is 4.52 Å². The van der Waals surface area contributed by atoms with Crippen molar-refractivity contribution in [3.05, 3.63) is 40.5 Å². The molecule has 1 unspecified atom stereocenters. The molecule has 17 heavy (non-hydrogen) atoms. The Morgan fingerprint density at radius 1 is 1.41 bits per heavy atom. The van der Waals surface area contributed by atoms with E-state index in [-0.39, 0.29) is 6.04 Å². The monoisotopic (exact) mass is 313 g/mol. The maximum atomic E-state index is 5.64. The summed E-state index contributed by atoms with van der Waals surface area (Å²) in [5, 5.41) is 3.87. The Bertz CT molecular complexity index is 484. The highest BCUT2D eigenvalue weighted by Gasteiger charge is 2.10. The Labute approximate surface area is 112 Å². The first-order chi connectivity index (χ1) is 8.15. The Balaban J connectivity index is 1.95. The lowest BCUT2D eigenvalue weighted by Crippen LogP contribution is -2.05. The average Bonchev–Trinajstić information content (AvgIpc) is 2.77. The van der Waals surface area contributed by atoms with Gasteiger partial charge in [-0.1, -0.05) is 21.1 Å². The summed E-state index contributed by atoms with van der Waals surface area (Å²) in [6.07, 6.45) is 0. The Kier molecular flexibility index (Phi) is 4.20. The zero-order chi connectivity index (χ0) is 12.3. The van der Waals surface area contributed by atoms with Crippen molar-refractivity contribution >= 4 is 27.7 Å². The summed E-state index contributed by atoms with van der Waals surface area (Å²) in [4.78, 5) is 5.38. The molecule has 0 saturated carbocycles. The van der Waals surface area contributed by atoms with Gasteiger partial charge in [0.15, 0.2) is 5.82 Å². The third-order valence-corrected chi connectivity index (χ3v) is 3.59. The maximum Gasteiger partial charge on any atom is 0.243 e. The van der Waals surface area contributed by atoms with Gasteiger partial charge in [0.25, 0.3) is 0 Å². The van der Waals surface area contributed by atoms with Gasteiger partial charge in [-0.15, -0.1) is 11.8 Å². The number of benzene rings is 1. The van der Waals surface area contributed by atoms with Crippen molar-refractivity contribution in [1.29, 1.82) is 0 Å². The lowest BCUT2D eigenvalue weighted by molar-refractivity contribution is 0.358. The number of aromatic nitrogens is 2. The molecule has 0 aliphatic carbocycles. The van der Waals surface area contributed by atoms with E-state index in [1.54, 1.807) is 11.8 Å². The average molecular weight is 314 g/mol. The van der Waals surface area contributed by atoms with Gasteiger partial charge in [-0.2, -0.15) is 4.98 Å². The Hall–Kier alpha value is -0.850. The van der Waals surface area contributed by atoms with Crippen molar-refractivity contribution in [2.75, 3.05) is 0 Å². The third kappa shape index (κ3) is 3.55. The summed E-state index contributed by atoms with van der Waals surface area (Å²) < 4.78 is 6.10. The first kappa shape index (κ1) is 12.6. The number of hydrogen-bond acceptors (Lipinski definition) is 5. The van der Waals surface area contributed by atoms with Gasteiger partial charge in [0.05, 0.1) is 11.8 Å². The minimum atomic E-state index is -0.214. The molecule has 0 aliphatic rings. The van der Waals surface area contributed by atoms with Crippen LogP contribution in [0.3, 0.4) is 0 Å². The fraction of sp³-hybridized carbons (Fsp3) is 0.273.